The van der Waals surface area contributed by atoms with Crippen LogP contribution >= 0.6 is 0 Å². The predicted octanol–water partition coefficient (Wildman–Crippen LogP) is 3.52. The van der Waals surface area contributed by atoms with Gasteiger partial charge < -0.3 is 10.5 Å². The van der Waals surface area contributed by atoms with Crippen LogP contribution in [0, 0.1) is 11.7 Å². The van der Waals surface area contributed by atoms with Crippen molar-refractivity contribution in [1.29, 1.82) is 0 Å². The van der Waals surface area contributed by atoms with E-state index < -0.39 is 17.6 Å². The highest BCUT2D eigenvalue weighted by Crippen LogP contribution is 2.37. The largest absolute Gasteiger partial charge is 0.490 e. The summed E-state index contributed by atoms with van der Waals surface area (Å²) in [7, 11) is 0. The number of ether oxygens (including phenoxy) is 1. The van der Waals surface area contributed by atoms with Crippen molar-refractivity contribution < 1.29 is 22.7 Å². The SMILES string of the molecule is NC(=O)c1cccc(OCCC2CCC(F)(F)CC2)c1F. The van der Waals surface area contributed by atoms with Gasteiger partial charge in [-0.15, -0.1) is 0 Å². The molecule has 1 aliphatic carbocycles. The topological polar surface area (TPSA) is 52.3 Å². The summed E-state index contributed by atoms with van der Waals surface area (Å²) in [6.07, 6.45) is 1.32. The van der Waals surface area contributed by atoms with E-state index in [0.29, 0.717) is 19.3 Å². The van der Waals surface area contributed by atoms with Crippen LogP contribution in [-0.4, -0.2) is 18.4 Å². The number of halogens is 3. The van der Waals surface area contributed by atoms with Crippen LogP contribution in [0.2, 0.25) is 0 Å². The first-order chi connectivity index (χ1) is 9.89. The van der Waals surface area contributed by atoms with Crippen LogP contribution in [0.3, 0.4) is 0 Å². The average Bonchev–Trinajstić information content (AvgIpc) is 2.42. The van der Waals surface area contributed by atoms with Gasteiger partial charge >= 0.3 is 0 Å². The van der Waals surface area contributed by atoms with E-state index in [1.807, 2.05) is 0 Å². The van der Waals surface area contributed by atoms with Crippen LogP contribution in [0.15, 0.2) is 18.2 Å². The number of nitrogens with two attached hydrogens (primary N) is 1. The Labute approximate surface area is 121 Å². The Morgan fingerprint density at radius 3 is 2.62 bits per heavy atom. The fourth-order valence-corrected chi connectivity index (χ4v) is 2.54. The zero-order valence-electron chi connectivity index (χ0n) is 11.6. The second kappa shape index (κ2) is 6.37. The molecule has 2 N–H and O–H groups in total. The molecule has 3 nitrogen and oxygen atoms in total. The minimum absolute atomic E-state index is 0.0348. The molecule has 0 unspecified atom stereocenters. The van der Waals surface area contributed by atoms with E-state index in [-0.39, 0.29) is 36.7 Å². The lowest BCUT2D eigenvalue weighted by atomic mass is 9.85. The van der Waals surface area contributed by atoms with Crippen LogP contribution in [0.25, 0.3) is 0 Å². The number of primary amides is 1. The molecular weight excluding hydrogens is 283 g/mol. The third kappa shape index (κ3) is 4.12. The van der Waals surface area contributed by atoms with Crippen LogP contribution < -0.4 is 10.5 Å². The molecule has 1 aromatic rings. The summed E-state index contributed by atoms with van der Waals surface area (Å²) >= 11 is 0. The molecule has 0 saturated heterocycles. The van der Waals surface area contributed by atoms with Crippen molar-refractivity contribution in [2.45, 2.75) is 38.0 Å². The van der Waals surface area contributed by atoms with E-state index in [2.05, 4.69) is 0 Å². The highest BCUT2D eigenvalue weighted by Gasteiger charge is 2.34. The van der Waals surface area contributed by atoms with Crippen LogP contribution in [0.1, 0.15) is 42.5 Å². The van der Waals surface area contributed by atoms with Crippen molar-refractivity contribution in [3.63, 3.8) is 0 Å². The summed E-state index contributed by atoms with van der Waals surface area (Å²) in [4.78, 5) is 11.0. The molecule has 0 heterocycles. The Morgan fingerprint density at radius 2 is 2.00 bits per heavy atom. The quantitative estimate of drug-likeness (QED) is 0.904. The summed E-state index contributed by atoms with van der Waals surface area (Å²) in [5, 5.41) is 0. The van der Waals surface area contributed by atoms with Crippen LogP contribution in [0.4, 0.5) is 13.2 Å². The third-order valence-electron chi connectivity index (χ3n) is 3.85. The molecule has 0 aliphatic heterocycles. The maximum Gasteiger partial charge on any atom is 0.251 e. The number of carbonyl (C=O) groups excluding carboxylic acids is 1. The van der Waals surface area contributed by atoms with Gasteiger partial charge in [0.15, 0.2) is 11.6 Å². The molecule has 0 spiro atoms. The predicted molar refractivity (Wildman–Crippen MR) is 71.9 cm³/mol. The monoisotopic (exact) mass is 301 g/mol. The van der Waals surface area contributed by atoms with Gasteiger partial charge in [-0.05, 0) is 37.3 Å². The van der Waals surface area contributed by atoms with Gasteiger partial charge in [-0.2, -0.15) is 0 Å². The average molecular weight is 301 g/mol. The van der Waals surface area contributed by atoms with E-state index >= 15 is 0 Å². The molecule has 1 aromatic carbocycles. The first-order valence-electron chi connectivity index (χ1n) is 6.98. The van der Waals surface area contributed by atoms with E-state index in [1.165, 1.54) is 18.2 Å². The van der Waals surface area contributed by atoms with Crippen molar-refractivity contribution in [2.24, 2.45) is 11.7 Å². The number of rotatable bonds is 5. The Balaban J connectivity index is 1.84. The van der Waals surface area contributed by atoms with E-state index in [0.717, 1.165) is 0 Å². The Hall–Kier alpha value is -1.72. The molecule has 6 heteroatoms. The van der Waals surface area contributed by atoms with Gasteiger partial charge in [0, 0.05) is 12.8 Å². The Kier molecular flexibility index (Phi) is 4.75. The molecule has 1 fully saturated rings. The van der Waals surface area contributed by atoms with Crippen molar-refractivity contribution in [3.8, 4) is 5.75 Å². The molecule has 0 radical (unpaired) electrons. The number of carbonyl (C=O) groups is 1. The van der Waals surface area contributed by atoms with E-state index in [1.54, 1.807) is 0 Å². The minimum Gasteiger partial charge on any atom is -0.490 e. The molecule has 0 atom stereocenters. The Bertz CT molecular complexity index is 510. The van der Waals surface area contributed by atoms with Crippen molar-refractivity contribution in [3.05, 3.63) is 29.6 Å². The summed E-state index contributed by atoms with van der Waals surface area (Å²) in [6.45, 7) is 0.232. The zero-order chi connectivity index (χ0) is 15.5. The number of alkyl halides is 2. The van der Waals surface area contributed by atoms with Gasteiger partial charge in [-0.1, -0.05) is 6.07 Å². The smallest absolute Gasteiger partial charge is 0.251 e. The minimum atomic E-state index is -2.54. The highest BCUT2D eigenvalue weighted by atomic mass is 19.3. The maximum absolute atomic E-state index is 13.9. The normalized spacial score (nSPS) is 18.4. The fraction of sp³-hybridized carbons (Fsp3) is 0.533. The van der Waals surface area contributed by atoms with Crippen LogP contribution in [-0.2, 0) is 0 Å². The molecule has 1 aliphatic rings. The van der Waals surface area contributed by atoms with Gasteiger partial charge in [0.2, 0.25) is 5.92 Å². The van der Waals surface area contributed by atoms with Gasteiger partial charge in [-0.25, -0.2) is 13.2 Å². The standard InChI is InChI=1S/C15H18F3NO2/c16-13-11(14(19)20)2-1-3-12(13)21-9-6-10-4-7-15(17,18)8-5-10/h1-3,10H,4-9H2,(H2,19,20). The lowest BCUT2D eigenvalue weighted by Crippen LogP contribution is -2.25. The molecule has 1 amide bonds. The van der Waals surface area contributed by atoms with Crippen molar-refractivity contribution in [2.75, 3.05) is 6.61 Å². The summed E-state index contributed by atoms with van der Waals surface area (Å²) in [5.41, 5.74) is 4.83. The first kappa shape index (κ1) is 15.7. The lowest BCUT2D eigenvalue weighted by Gasteiger charge is -2.28. The molecule has 116 valence electrons. The molecular formula is C15H18F3NO2. The van der Waals surface area contributed by atoms with E-state index in [4.69, 9.17) is 10.5 Å². The van der Waals surface area contributed by atoms with Gasteiger partial charge in [-0.3, -0.25) is 4.79 Å². The number of hydrogen-bond donors (Lipinski definition) is 1. The summed E-state index contributed by atoms with van der Waals surface area (Å²) in [6, 6.07) is 4.18. The number of amides is 1. The lowest BCUT2D eigenvalue weighted by molar-refractivity contribution is -0.0475. The second-order valence-electron chi connectivity index (χ2n) is 5.42. The maximum atomic E-state index is 13.9. The van der Waals surface area contributed by atoms with E-state index in [9.17, 15) is 18.0 Å². The van der Waals surface area contributed by atoms with Gasteiger partial charge in [0.05, 0.1) is 12.2 Å². The molecule has 0 bridgehead atoms. The summed E-state index contributed by atoms with van der Waals surface area (Å²) in [5.74, 6) is -4.04. The van der Waals surface area contributed by atoms with Crippen LogP contribution in [0.5, 0.6) is 5.75 Å². The zero-order valence-corrected chi connectivity index (χ0v) is 11.6. The fourth-order valence-electron chi connectivity index (χ4n) is 2.54. The number of hydrogen-bond acceptors (Lipinski definition) is 2. The number of benzene rings is 1. The van der Waals surface area contributed by atoms with Crippen molar-refractivity contribution >= 4 is 5.91 Å². The molecule has 0 aromatic heterocycles. The molecule has 2 rings (SSSR count). The first-order valence-corrected chi connectivity index (χ1v) is 6.98. The third-order valence-corrected chi connectivity index (χ3v) is 3.85. The molecule has 1 saturated carbocycles. The second-order valence-corrected chi connectivity index (χ2v) is 5.42. The van der Waals surface area contributed by atoms with Gasteiger partial charge in [0.1, 0.15) is 0 Å². The molecule has 21 heavy (non-hydrogen) atoms. The summed E-state index contributed by atoms with van der Waals surface area (Å²) < 4.78 is 45.2. The Morgan fingerprint density at radius 1 is 1.33 bits per heavy atom. The van der Waals surface area contributed by atoms with Gasteiger partial charge in [0.25, 0.3) is 5.91 Å². The highest BCUT2D eigenvalue weighted by molar-refractivity contribution is 5.93. The van der Waals surface area contributed by atoms with Crippen molar-refractivity contribution in [1.82, 2.24) is 0 Å².